The molecule has 0 aliphatic carbocycles. The third kappa shape index (κ3) is 3.01. The first-order valence-corrected chi connectivity index (χ1v) is 10.0. The van der Waals surface area contributed by atoms with E-state index in [9.17, 15) is 9.59 Å². The summed E-state index contributed by atoms with van der Waals surface area (Å²) in [6.07, 6.45) is 0.941. The lowest BCUT2D eigenvalue weighted by Gasteiger charge is -2.11. The van der Waals surface area contributed by atoms with E-state index >= 15 is 0 Å². The van der Waals surface area contributed by atoms with Crippen LogP contribution in [0, 0.1) is 0 Å². The normalized spacial score (nSPS) is 12.5. The van der Waals surface area contributed by atoms with E-state index in [1.54, 1.807) is 13.1 Å². The maximum Gasteiger partial charge on any atom is 0.262 e. The molecule has 4 rings (SSSR count). The second-order valence-corrected chi connectivity index (χ2v) is 7.98. The van der Waals surface area contributed by atoms with Gasteiger partial charge >= 0.3 is 0 Å². The molecule has 0 radical (unpaired) electrons. The number of para-hydroxylation sites is 1. The Bertz CT molecular complexity index is 1240. The van der Waals surface area contributed by atoms with Crippen LogP contribution in [0.1, 0.15) is 29.8 Å². The second-order valence-electron chi connectivity index (χ2n) is 6.67. The van der Waals surface area contributed by atoms with E-state index in [0.29, 0.717) is 21.9 Å². The van der Waals surface area contributed by atoms with Crippen LogP contribution in [0.15, 0.2) is 58.5 Å². The highest BCUT2D eigenvalue weighted by Crippen LogP contribution is 2.26. The molecule has 142 valence electrons. The molecule has 0 aliphatic heterocycles. The highest BCUT2D eigenvalue weighted by atomic mass is 32.2. The Kier molecular flexibility index (Phi) is 4.77. The molecule has 2 heterocycles. The summed E-state index contributed by atoms with van der Waals surface area (Å²) in [6.45, 7) is 3.95. The summed E-state index contributed by atoms with van der Waals surface area (Å²) in [6, 6.07) is 15.1. The maximum atomic E-state index is 12.9. The van der Waals surface area contributed by atoms with Crippen molar-refractivity contribution in [3.8, 4) is 0 Å². The van der Waals surface area contributed by atoms with Gasteiger partial charge in [0, 0.05) is 12.6 Å². The molecule has 1 unspecified atom stereocenters. The number of rotatable bonds is 5. The van der Waals surface area contributed by atoms with Gasteiger partial charge in [0.15, 0.2) is 10.9 Å². The van der Waals surface area contributed by atoms with Gasteiger partial charge in [0.2, 0.25) is 5.78 Å². The summed E-state index contributed by atoms with van der Waals surface area (Å²) in [5, 5.41) is 9.28. The minimum atomic E-state index is -0.337. The van der Waals surface area contributed by atoms with Gasteiger partial charge in [-0.15, -0.1) is 10.2 Å². The Morgan fingerprint density at radius 3 is 2.54 bits per heavy atom. The van der Waals surface area contributed by atoms with Crippen LogP contribution in [0.3, 0.4) is 0 Å². The van der Waals surface area contributed by atoms with Crippen LogP contribution < -0.4 is 5.56 Å². The third-order valence-corrected chi connectivity index (χ3v) is 5.94. The van der Waals surface area contributed by atoms with Gasteiger partial charge in [-0.25, -0.2) is 0 Å². The van der Waals surface area contributed by atoms with Crippen LogP contribution in [0.4, 0.5) is 0 Å². The first-order valence-electron chi connectivity index (χ1n) is 9.14. The van der Waals surface area contributed by atoms with Gasteiger partial charge in [0.1, 0.15) is 0 Å². The Morgan fingerprint density at radius 2 is 1.82 bits per heavy atom. The number of ketones is 1. The van der Waals surface area contributed by atoms with Crippen LogP contribution >= 0.6 is 11.8 Å². The van der Waals surface area contributed by atoms with Gasteiger partial charge in [-0.1, -0.05) is 55.1 Å². The fraction of sp³-hybridized carbons (Fsp3) is 0.238. The Labute approximate surface area is 166 Å². The Morgan fingerprint density at radius 1 is 1.11 bits per heavy atom. The molecule has 0 N–H and O–H groups in total. The van der Waals surface area contributed by atoms with Crippen molar-refractivity contribution in [2.45, 2.75) is 30.7 Å². The SMILES string of the molecule is CCc1ccc(C(=O)C(C)Sc2nnc3n(C)c(=O)c4ccccc4n23)cc1. The van der Waals surface area contributed by atoms with Crippen LogP contribution in [-0.4, -0.2) is 30.2 Å². The number of aromatic nitrogens is 4. The molecule has 0 saturated heterocycles. The van der Waals surface area contributed by atoms with Gasteiger partial charge in [0.05, 0.1) is 16.2 Å². The number of hydrogen-bond acceptors (Lipinski definition) is 5. The van der Waals surface area contributed by atoms with E-state index in [1.165, 1.54) is 21.9 Å². The van der Waals surface area contributed by atoms with Crippen molar-refractivity contribution in [3.63, 3.8) is 0 Å². The van der Waals surface area contributed by atoms with Crippen molar-refractivity contribution < 1.29 is 4.79 Å². The van der Waals surface area contributed by atoms with E-state index in [0.717, 1.165) is 11.9 Å². The average molecular weight is 392 g/mol. The molecule has 4 aromatic rings. The number of Topliss-reactive ketones (excluding diaryl/α,β-unsaturated/α-hetero) is 1. The second kappa shape index (κ2) is 7.24. The maximum absolute atomic E-state index is 12.9. The number of aryl methyl sites for hydroxylation is 2. The number of carbonyl (C=O) groups is 1. The predicted octanol–water partition coefficient (Wildman–Crippen LogP) is 3.51. The lowest BCUT2D eigenvalue weighted by Crippen LogP contribution is -2.20. The number of carbonyl (C=O) groups excluding carboxylic acids is 1. The lowest BCUT2D eigenvalue weighted by molar-refractivity contribution is 0.0994. The van der Waals surface area contributed by atoms with E-state index < -0.39 is 0 Å². The molecule has 1 atom stereocenters. The van der Waals surface area contributed by atoms with Gasteiger partial charge in [-0.2, -0.15) is 0 Å². The monoisotopic (exact) mass is 392 g/mol. The van der Waals surface area contributed by atoms with Crippen molar-refractivity contribution in [1.29, 1.82) is 0 Å². The molecule has 0 aliphatic rings. The van der Waals surface area contributed by atoms with Gasteiger partial charge in [-0.05, 0) is 31.0 Å². The first-order chi connectivity index (χ1) is 13.5. The molecule has 0 amide bonds. The number of nitrogens with zero attached hydrogens (tertiary/aromatic N) is 4. The molecule has 28 heavy (non-hydrogen) atoms. The van der Waals surface area contributed by atoms with Crippen LogP contribution in [0.5, 0.6) is 0 Å². The number of benzene rings is 2. The Hall–Kier alpha value is -2.93. The molecular weight excluding hydrogens is 372 g/mol. The van der Waals surface area contributed by atoms with Crippen molar-refractivity contribution in [2.75, 3.05) is 0 Å². The zero-order valence-corrected chi connectivity index (χ0v) is 16.7. The Balaban J connectivity index is 1.73. The summed E-state index contributed by atoms with van der Waals surface area (Å²) < 4.78 is 3.32. The van der Waals surface area contributed by atoms with Gasteiger partial charge in [-0.3, -0.25) is 18.6 Å². The van der Waals surface area contributed by atoms with E-state index in [-0.39, 0.29) is 16.6 Å². The number of thioether (sulfide) groups is 1. The predicted molar refractivity (Wildman–Crippen MR) is 111 cm³/mol. The highest BCUT2D eigenvalue weighted by molar-refractivity contribution is 8.00. The van der Waals surface area contributed by atoms with Crippen LogP contribution in [0.2, 0.25) is 0 Å². The van der Waals surface area contributed by atoms with E-state index in [1.807, 2.05) is 53.8 Å². The van der Waals surface area contributed by atoms with Crippen molar-refractivity contribution in [2.24, 2.45) is 7.05 Å². The van der Waals surface area contributed by atoms with Gasteiger partial charge in [0.25, 0.3) is 5.56 Å². The molecule has 2 aromatic carbocycles. The average Bonchev–Trinajstić information content (AvgIpc) is 3.15. The fourth-order valence-corrected chi connectivity index (χ4v) is 4.17. The summed E-state index contributed by atoms with van der Waals surface area (Å²) in [5.74, 6) is 0.497. The zero-order valence-electron chi connectivity index (χ0n) is 15.9. The lowest BCUT2D eigenvalue weighted by atomic mass is 10.1. The highest BCUT2D eigenvalue weighted by Gasteiger charge is 2.21. The van der Waals surface area contributed by atoms with E-state index in [2.05, 4.69) is 17.1 Å². The molecule has 0 saturated carbocycles. The zero-order chi connectivity index (χ0) is 19.8. The third-order valence-electron chi connectivity index (χ3n) is 4.89. The molecular formula is C21H20N4O2S. The summed E-state index contributed by atoms with van der Waals surface area (Å²) in [5.41, 5.74) is 2.50. The smallest absolute Gasteiger partial charge is 0.262 e. The number of fused-ring (bicyclic) bond motifs is 3. The molecule has 0 bridgehead atoms. The van der Waals surface area contributed by atoms with Gasteiger partial charge < -0.3 is 0 Å². The molecule has 2 aromatic heterocycles. The van der Waals surface area contributed by atoms with Crippen molar-refractivity contribution >= 4 is 34.2 Å². The molecule has 0 spiro atoms. The minimum Gasteiger partial charge on any atom is -0.293 e. The molecule has 6 nitrogen and oxygen atoms in total. The summed E-state index contributed by atoms with van der Waals surface area (Å²) in [7, 11) is 1.68. The molecule has 0 fully saturated rings. The minimum absolute atomic E-state index is 0.0403. The standard InChI is InChI=1S/C21H20N4O2S/c1-4-14-9-11-15(12-10-14)18(26)13(2)28-21-23-22-20-24(3)19(27)16-7-5-6-8-17(16)25(20)21/h5-13H,4H2,1-3H3. The summed E-state index contributed by atoms with van der Waals surface area (Å²) in [4.78, 5) is 25.4. The number of hydrogen-bond donors (Lipinski definition) is 0. The molecule has 7 heteroatoms. The van der Waals surface area contributed by atoms with Crippen LogP contribution in [-0.2, 0) is 13.5 Å². The van der Waals surface area contributed by atoms with E-state index in [4.69, 9.17) is 0 Å². The quantitative estimate of drug-likeness (QED) is 0.384. The van der Waals surface area contributed by atoms with Crippen LogP contribution in [0.25, 0.3) is 16.7 Å². The fourth-order valence-electron chi connectivity index (χ4n) is 3.24. The first kappa shape index (κ1) is 18.4. The largest absolute Gasteiger partial charge is 0.293 e. The summed E-state index contributed by atoms with van der Waals surface area (Å²) >= 11 is 1.35. The van der Waals surface area contributed by atoms with Crippen molar-refractivity contribution in [1.82, 2.24) is 19.2 Å². The van der Waals surface area contributed by atoms with Crippen molar-refractivity contribution in [3.05, 3.63) is 70.0 Å². The topological polar surface area (TPSA) is 69.3 Å².